The van der Waals surface area contributed by atoms with E-state index < -0.39 is 0 Å². The highest BCUT2D eigenvalue weighted by Gasteiger charge is 2.29. The maximum atomic E-state index is 12.5. The van der Waals surface area contributed by atoms with Crippen LogP contribution in [-0.2, 0) is 18.3 Å². The monoisotopic (exact) mass is 419 g/mol. The molecule has 31 heavy (non-hydrogen) atoms. The van der Waals surface area contributed by atoms with Gasteiger partial charge in [-0.1, -0.05) is 5.92 Å². The molecule has 0 atom stereocenters. The Balaban J connectivity index is 1.71. The third-order valence-corrected chi connectivity index (χ3v) is 5.61. The van der Waals surface area contributed by atoms with Crippen molar-refractivity contribution in [3.63, 3.8) is 0 Å². The second-order valence-corrected chi connectivity index (χ2v) is 7.57. The van der Waals surface area contributed by atoms with Crippen molar-refractivity contribution in [2.24, 2.45) is 7.05 Å². The number of hydrogen-bond donors (Lipinski definition) is 0. The third kappa shape index (κ3) is 4.00. The Morgan fingerprint density at radius 2 is 1.90 bits per heavy atom. The summed E-state index contributed by atoms with van der Waals surface area (Å²) < 4.78 is 18.6. The fourth-order valence-electron chi connectivity index (χ4n) is 3.98. The Hall–Kier alpha value is -3.34. The van der Waals surface area contributed by atoms with Gasteiger partial charge in [-0.25, -0.2) is 0 Å². The zero-order valence-electron chi connectivity index (χ0n) is 17.9. The first-order valence-electron chi connectivity index (χ1n) is 10.0. The summed E-state index contributed by atoms with van der Waals surface area (Å²) in [5.74, 6) is 3.97. The topological polar surface area (TPSA) is 65.8 Å². The summed E-state index contributed by atoms with van der Waals surface area (Å²) in [4.78, 5) is 18.9. The van der Waals surface area contributed by atoms with E-state index in [9.17, 15) is 4.79 Å². The fraction of sp³-hybridized carbons (Fsp3) is 0.333. The predicted molar refractivity (Wildman–Crippen MR) is 119 cm³/mol. The van der Waals surface area contributed by atoms with Crippen LogP contribution >= 0.6 is 0 Å². The second kappa shape index (κ2) is 8.80. The van der Waals surface area contributed by atoms with Crippen LogP contribution in [0.2, 0.25) is 0 Å². The Labute approximate surface area is 181 Å². The molecule has 1 aliphatic rings. The number of likely N-dealkylation sites (tertiary alicyclic amines) is 1. The molecule has 1 fully saturated rings. The number of benzene rings is 1. The highest BCUT2D eigenvalue weighted by molar-refractivity contribution is 5.95. The molecule has 0 radical (unpaired) electrons. The summed E-state index contributed by atoms with van der Waals surface area (Å²) in [6, 6.07) is 5.84. The number of ether oxygens (including phenoxy) is 3. The van der Waals surface area contributed by atoms with Crippen molar-refractivity contribution in [2.45, 2.75) is 12.6 Å². The van der Waals surface area contributed by atoms with E-state index in [-0.39, 0.29) is 11.7 Å². The molecule has 0 amide bonds. The first kappa shape index (κ1) is 20.9. The van der Waals surface area contributed by atoms with E-state index in [1.807, 2.05) is 24.4 Å². The summed E-state index contributed by atoms with van der Waals surface area (Å²) >= 11 is 0. The minimum atomic E-state index is -0.0817. The van der Waals surface area contributed by atoms with Gasteiger partial charge in [0.05, 0.1) is 31.3 Å². The average molecular weight is 419 g/mol. The molecule has 0 bridgehead atoms. The fourth-order valence-corrected chi connectivity index (χ4v) is 3.98. The maximum absolute atomic E-state index is 12.5. The molecule has 0 unspecified atom stereocenters. The minimum Gasteiger partial charge on any atom is -0.496 e. The van der Waals surface area contributed by atoms with Crippen LogP contribution < -0.4 is 15.0 Å². The molecule has 3 heterocycles. The van der Waals surface area contributed by atoms with Gasteiger partial charge in [0.15, 0.2) is 0 Å². The second-order valence-electron chi connectivity index (χ2n) is 7.57. The molecule has 1 aliphatic heterocycles. The highest BCUT2D eigenvalue weighted by Crippen LogP contribution is 2.38. The zero-order chi connectivity index (χ0) is 22.0. The number of terminal acetylenes is 1. The van der Waals surface area contributed by atoms with Gasteiger partial charge in [0.25, 0.3) is 5.56 Å². The molecule has 7 nitrogen and oxygen atoms in total. The van der Waals surface area contributed by atoms with Gasteiger partial charge in [-0.05, 0) is 29.1 Å². The molecular weight excluding hydrogens is 394 g/mol. The van der Waals surface area contributed by atoms with Crippen molar-refractivity contribution in [3.05, 3.63) is 52.7 Å². The van der Waals surface area contributed by atoms with Crippen molar-refractivity contribution in [2.75, 3.05) is 33.9 Å². The van der Waals surface area contributed by atoms with Crippen LogP contribution in [0.4, 0.5) is 0 Å². The van der Waals surface area contributed by atoms with Gasteiger partial charge >= 0.3 is 0 Å². The third-order valence-electron chi connectivity index (χ3n) is 5.61. The minimum absolute atomic E-state index is 0.0817. The molecular formula is C24H25N3O4. The van der Waals surface area contributed by atoms with Crippen molar-refractivity contribution < 1.29 is 14.2 Å². The van der Waals surface area contributed by atoms with Crippen molar-refractivity contribution in [1.29, 1.82) is 0 Å². The van der Waals surface area contributed by atoms with E-state index in [0.717, 1.165) is 46.7 Å². The van der Waals surface area contributed by atoms with E-state index in [0.29, 0.717) is 18.5 Å². The molecule has 3 aromatic rings. The quantitative estimate of drug-likeness (QED) is 0.548. The average Bonchev–Trinajstić information content (AvgIpc) is 2.77. The van der Waals surface area contributed by atoms with E-state index in [2.05, 4.69) is 15.8 Å². The lowest BCUT2D eigenvalue weighted by Gasteiger charge is -2.39. The van der Waals surface area contributed by atoms with E-state index in [4.69, 9.17) is 20.6 Å². The number of fused-ring (bicyclic) bond motifs is 1. The number of methoxy groups -OCH3 is 2. The van der Waals surface area contributed by atoms with Gasteiger partial charge in [-0.2, -0.15) is 0 Å². The van der Waals surface area contributed by atoms with Crippen molar-refractivity contribution >= 4 is 10.8 Å². The lowest BCUT2D eigenvalue weighted by atomic mass is 9.98. The first-order valence-corrected chi connectivity index (χ1v) is 10.0. The molecule has 0 saturated carbocycles. The molecule has 1 aromatic carbocycles. The van der Waals surface area contributed by atoms with Gasteiger partial charge < -0.3 is 18.8 Å². The number of aryl methyl sites for hydroxylation is 1. The van der Waals surface area contributed by atoms with E-state index in [1.54, 1.807) is 38.2 Å². The molecule has 1 saturated heterocycles. The van der Waals surface area contributed by atoms with Gasteiger partial charge in [0.2, 0.25) is 0 Å². The first-order chi connectivity index (χ1) is 15.0. The highest BCUT2D eigenvalue weighted by atomic mass is 16.5. The van der Waals surface area contributed by atoms with Gasteiger partial charge in [0, 0.05) is 50.8 Å². The maximum Gasteiger partial charge on any atom is 0.259 e. The predicted octanol–water partition coefficient (Wildman–Crippen LogP) is 2.45. The Kier molecular flexibility index (Phi) is 5.94. The molecule has 160 valence electrons. The Morgan fingerprint density at radius 3 is 2.55 bits per heavy atom. The summed E-state index contributed by atoms with van der Waals surface area (Å²) in [5, 5.41) is 1.41. The normalized spacial score (nSPS) is 14.3. The number of rotatable bonds is 7. The zero-order valence-corrected chi connectivity index (χ0v) is 17.9. The molecule has 4 rings (SSSR count). The number of nitrogens with zero attached hydrogens (tertiary/aromatic N) is 3. The van der Waals surface area contributed by atoms with Crippen molar-refractivity contribution in [3.8, 4) is 35.0 Å². The number of aromatic nitrogens is 2. The lowest BCUT2D eigenvalue weighted by Crippen LogP contribution is -2.51. The van der Waals surface area contributed by atoms with Crippen LogP contribution in [0.3, 0.4) is 0 Å². The van der Waals surface area contributed by atoms with Gasteiger partial charge in [-0.3, -0.25) is 14.7 Å². The van der Waals surface area contributed by atoms with E-state index >= 15 is 0 Å². The van der Waals surface area contributed by atoms with Gasteiger partial charge in [0.1, 0.15) is 18.1 Å². The number of hydrogen-bond acceptors (Lipinski definition) is 6. The number of pyridine rings is 2. The standard InChI is InChI=1S/C24H25N3O4/c1-5-8-31-17-12-27(13-17)15-21-22(29-3)9-16(10-23(21)30-4)20-14-26(2)24(28)19-11-25-7-6-18(19)20/h1,6-7,9-11,14,17H,8,12-13,15H2,2-4H3. The van der Waals surface area contributed by atoms with Crippen LogP contribution in [0.15, 0.2) is 41.6 Å². The smallest absolute Gasteiger partial charge is 0.259 e. The summed E-state index contributed by atoms with van der Waals surface area (Å²) in [5.41, 5.74) is 2.71. The summed E-state index contributed by atoms with van der Waals surface area (Å²) in [6.45, 7) is 2.64. The Bertz CT molecular complexity index is 1180. The van der Waals surface area contributed by atoms with Crippen LogP contribution in [0.5, 0.6) is 11.5 Å². The molecule has 0 aliphatic carbocycles. The molecule has 2 aromatic heterocycles. The van der Waals surface area contributed by atoms with Crippen molar-refractivity contribution in [1.82, 2.24) is 14.5 Å². The van der Waals surface area contributed by atoms with Crippen LogP contribution in [0, 0.1) is 12.3 Å². The van der Waals surface area contributed by atoms with Gasteiger partial charge in [-0.15, -0.1) is 6.42 Å². The largest absolute Gasteiger partial charge is 0.496 e. The summed E-state index contributed by atoms with van der Waals surface area (Å²) in [7, 11) is 5.04. The van der Waals surface area contributed by atoms with Crippen LogP contribution in [0.1, 0.15) is 5.56 Å². The molecule has 7 heteroatoms. The van der Waals surface area contributed by atoms with Crippen LogP contribution in [0.25, 0.3) is 21.9 Å². The summed E-state index contributed by atoms with van der Waals surface area (Å²) in [6.07, 6.45) is 10.6. The Morgan fingerprint density at radius 1 is 1.19 bits per heavy atom. The van der Waals surface area contributed by atoms with E-state index in [1.165, 1.54) is 0 Å². The molecule has 0 N–H and O–H groups in total. The molecule has 0 spiro atoms. The SMILES string of the molecule is C#CCOC1CN(Cc2c(OC)cc(-c3cn(C)c(=O)c4cnccc34)cc2OC)C1. The lowest BCUT2D eigenvalue weighted by molar-refractivity contribution is -0.0461. The van der Waals surface area contributed by atoms with Crippen LogP contribution in [-0.4, -0.2) is 54.5 Å².